The molecule has 0 heterocycles. The highest BCUT2D eigenvalue weighted by Gasteiger charge is 2.48. The van der Waals surface area contributed by atoms with Crippen LogP contribution in [-0.4, -0.2) is 24.9 Å². The van der Waals surface area contributed by atoms with E-state index in [1.54, 1.807) is 0 Å². The molecule has 0 aromatic heterocycles. The summed E-state index contributed by atoms with van der Waals surface area (Å²) in [5.41, 5.74) is 5.92. The van der Waals surface area contributed by atoms with Crippen molar-refractivity contribution in [3.63, 3.8) is 0 Å². The Kier molecular flexibility index (Phi) is 4.50. The van der Waals surface area contributed by atoms with Gasteiger partial charge in [-0.3, -0.25) is 4.79 Å². The largest absolute Gasteiger partial charge is 0.350 e. The minimum Gasteiger partial charge on any atom is -0.350 e. The fraction of sp³-hybridized carbons (Fsp3) is 0.900. The average Bonchev–Trinajstić information content (AvgIpc) is 2.74. The van der Waals surface area contributed by atoms with Crippen molar-refractivity contribution >= 4 is 18.3 Å². The standard InChI is InChI=1S/C10H16F2N2O.ClH/c11-7(12)4-14-10(15)8-5-1-2-6(3-5)9(8)13;/h5-9H,1-4,13H2,(H,14,15);1H. The van der Waals surface area contributed by atoms with E-state index >= 15 is 0 Å². The Bertz CT molecular complexity index is 263. The molecule has 1 amide bonds. The van der Waals surface area contributed by atoms with Crippen molar-refractivity contribution in [3.8, 4) is 0 Å². The lowest BCUT2D eigenvalue weighted by molar-refractivity contribution is -0.127. The number of halogens is 3. The molecule has 94 valence electrons. The molecule has 3 N–H and O–H groups in total. The second-order valence-electron chi connectivity index (χ2n) is 4.57. The summed E-state index contributed by atoms with van der Waals surface area (Å²) in [4.78, 5) is 11.6. The molecule has 6 heteroatoms. The molecule has 16 heavy (non-hydrogen) atoms. The van der Waals surface area contributed by atoms with Gasteiger partial charge in [0.25, 0.3) is 6.43 Å². The maximum Gasteiger partial charge on any atom is 0.255 e. The number of rotatable bonds is 3. The zero-order chi connectivity index (χ0) is 11.0. The number of nitrogens with two attached hydrogens (primary N) is 1. The van der Waals surface area contributed by atoms with Gasteiger partial charge in [0.15, 0.2) is 0 Å². The molecular formula is C10H17ClF2N2O. The molecule has 2 aliphatic carbocycles. The van der Waals surface area contributed by atoms with Crippen LogP contribution in [0.25, 0.3) is 0 Å². The third kappa shape index (κ3) is 2.46. The lowest BCUT2D eigenvalue weighted by Gasteiger charge is -2.26. The molecule has 4 unspecified atom stereocenters. The van der Waals surface area contributed by atoms with Crippen molar-refractivity contribution in [2.45, 2.75) is 31.7 Å². The first kappa shape index (κ1) is 13.6. The first-order chi connectivity index (χ1) is 7.09. The molecule has 0 radical (unpaired) electrons. The number of carbonyl (C=O) groups is 1. The zero-order valence-electron chi connectivity index (χ0n) is 8.86. The second-order valence-corrected chi connectivity index (χ2v) is 4.57. The van der Waals surface area contributed by atoms with Gasteiger partial charge in [0.2, 0.25) is 5.91 Å². The number of hydrogen-bond donors (Lipinski definition) is 2. The van der Waals surface area contributed by atoms with Crippen molar-refractivity contribution in [1.29, 1.82) is 0 Å². The molecule has 0 aromatic rings. The molecule has 2 fully saturated rings. The summed E-state index contributed by atoms with van der Waals surface area (Å²) >= 11 is 0. The lowest BCUT2D eigenvalue weighted by atomic mass is 9.84. The van der Waals surface area contributed by atoms with E-state index < -0.39 is 13.0 Å². The van der Waals surface area contributed by atoms with Crippen LogP contribution >= 0.6 is 12.4 Å². The van der Waals surface area contributed by atoms with Gasteiger partial charge in [-0.05, 0) is 31.1 Å². The Labute approximate surface area is 99.5 Å². The summed E-state index contributed by atoms with van der Waals surface area (Å²) in [6.45, 7) is -0.556. The summed E-state index contributed by atoms with van der Waals surface area (Å²) in [5, 5.41) is 2.27. The molecule has 2 saturated carbocycles. The van der Waals surface area contributed by atoms with Gasteiger partial charge in [0.05, 0.1) is 12.5 Å². The van der Waals surface area contributed by atoms with Gasteiger partial charge < -0.3 is 11.1 Å². The number of amides is 1. The average molecular weight is 255 g/mol. The van der Waals surface area contributed by atoms with Crippen LogP contribution in [0.4, 0.5) is 8.78 Å². The van der Waals surface area contributed by atoms with Gasteiger partial charge in [0, 0.05) is 6.04 Å². The topological polar surface area (TPSA) is 55.1 Å². The summed E-state index contributed by atoms with van der Waals surface area (Å²) in [5.74, 6) is 0.234. The van der Waals surface area contributed by atoms with Crippen molar-refractivity contribution < 1.29 is 13.6 Å². The molecule has 4 atom stereocenters. The molecule has 2 rings (SSSR count). The number of alkyl halides is 2. The van der Waals surface area contributed by atoms with Gasteiger partial charge in [-0.1, -0.05) is 0 Å². The summed E-state index contributed by atoms with van der Waals surface area (Å²) < 4.78 is 23.8. The van der Waals surface area contributed by atoms with Gasteiger partial charge in [-0.2, -0.15) is 0 Å². The molecule has 3 nitrogen and oxygen atoms in total. The normalized spacial score (nSPS) is 36.2. The van der Waals surface area contributed by atoms with Crippen LogP contribution in [-0.2, 0) is 4.79 Å². The Morgan fingerprint density at radius 2 is 2.00 bits per heavy atom. The van der Waals surface area contributed by atoms with Gasteiger partial charge in [0.1, 0.15) is 0 Å². The molecule has 2 aliphatic rings. The van der Waals surface area contributed by atoms with E-state index in [1.165, 1.54) is 0 Å². The Balaban J connectivity index is 0.00000128. The zero-order valence-corrected chi connectivity index (χ0v) is 9.68. The molecule has 0 aliphatic heterocycles. The van der Waals surface area contributed by atoms with Crippen molar-refractivity contribution in [2.75, 3.05) is 6.54 Å². The van der Waals surface area contributed by atoms with Gasteiger partial charge >= 0.3 is 0 Å². The van der Waals surface area contributed by atoms with Gasteiger partial charge in [-0.25, -0.2) is 8.78 Å². The van der Waals surface area contributed by atoms with Gasteiger partial charge in [-0.15, -0.1) is 12.4 Å². The number of nitrogens with one attached hydrogen (secondary N) is 1. The molecular weight excluding hydrogens is 238 g/mol. The predicted molar refractivity (Wildman–Crippen MR) is 58.6 cm³/mol. The second kappa shape index (κ2) is 5.27. The maximum absolute atomic E-state index is 11.9. The Morgan fingerprint density at radius 1 is 1.38 bits per heavy atom. The predicted octanol–water partition coefficient (Wildman–Crippen LogP) is 1.16. The molecule has 2 bridgehead atoms. The molecule has 0 saturated heterocycles. The Morgan fingerprint density at radius 3 is 2.50 bits per heavy atom. The highest BCUT2D eigenvalue weighted by molar-refractivity contribution is 5.85. The monoisotopic (exact) mass is 254 g/mol. The maximum atomic E-state index is 11.9. The van der Waals surface area contributed by atoms with E-state index in [2.05, 4.69) is 5.32 Å². The minimum absolute atomic E-state index is 0. The van der Waals surface area contributed by atoms with Crippen LogP contribution in [0.1, 0.15) is 19.3 Å². The number of carbonyl (C=O) groups excluding carboxylic acids is 1. The van der Waals surface area contributed by atoms with E-state index in [-0.39, 0.29) is 30.3 Å². The van der Waals surface area contributed by atoms with Crippen LogP contribution in [0.3, 0.4) is 0 Å². The summed E-state index contributed by atoms with van der Waals surface area (Å²) in [6, 6.07) is -0.124. The summed E-state index contributed by atoms with van der Waals surface area (Å²) in [7, 11) is 0. The summed E-state index contributed by atoms with van der Waals surface area (Å²) in [6.07, 6.45) is 0.618. The van der Waals surface area contributed by atoms with Crippen molar-refractivity contribution in [3.05, 3.63) is 0 Å². The Hall–Kier alpha value is -0.420. The quantitative estimate of drug-likeness (QED) is 0.794. The van der Waals surface area contributed by atoms with E-state index in [0.717, 1.165) is 19.3 Å². The highest BCUT2D eigenvalue weighted by atomic mass is 35.5. The lowest BCUT2D eigenvalue weighted by Crippen LogP contribution is -2.46. The number of fused-ring (bicyclic) bond motifs is 2. The highest BCUT2D eigenvalue weighted by Crippen LogP contribution is 2.47. The molecule has 0 spiro atoms. The molecule has 0 aromatic carbocycles. The van der Waals surface area contributed by atoms with Crippen LogP contribution in [0.2, 0.25) is 0 Å². The van der Waals surface area contributed by atoms with E-state index in [4.69, 9.17) is 5.73 Å². The third-order valence-corrected chi connectivity index (χ3v) is 3.71. The minimum atomic E-state index is -2.48. The smallest absolute Gasteiger partial charge is 0.255 e. The van der Waals surface area contributed by atoms with Crippen LogP contribution < -0.4 is 11.1 Å². The van der Waals surface area contributed by atoms with Crippen LogP contribution in [0, 0.1) is 17.8 Å². The fourth-order valence-electron chi connectivity index (χ4n) is 3.02. The van der Waals surface area contributed by atoms with Crippen molar-refractivity contribution in [1.82, 2.24) is 5.32 Å². The van der Waals surface area contributed by atoms with Crippen molar-refractivity contribution in [2.24, 2.45) is 23.5 Å². The van der Waals surface area contributed by atoms with Crippen LogP contribution in [0.5, 0.6) is 0 Å². The number of hydrogen-bond acceptors (Lipinski definition) is 2. The SMILES string of the molecule is Cl.NC1C2CCC(C2)C1C(=O)NCC(F)F. The fourth-order valence-corrected chi connectivity index (χ4v) is 3.02. The van der Waals surface area contributed by atoms with E-state index in [0.29, 0.717) is 11.8 Å². The third-order valence-electron chi connectivity index (χ3n) is 3.71. The van der Waals surface area contributed by atoms with E-state index in [9.17, 15) is 13.6 Å². The van der Waals surface area contributed by atoms with Crippen LogP contribution in [0.15, 0.2) is 0 Å². The van der Waals surface area contributed by atoms with E-state index in [1.807, 2.05) is 0 Å². The first-order valence-electron chi connectivity index (χ1n) is 5.41. The first-order valence-corrected chi connectivity index (χ1v) is 5.41.